The smallest absolute Gasteiger partial charge is 0.337 e. The third-order valence-corrected chi connectivity index (χ3v) is 4.18. The quantitative estimate of drug-likeness (QED) is 0.664. The van der Waals surface area contributed by atoms with Gasteiger partial charge in [-0.05, 0) is 23.3 Å². The molecule has 0 aliphatic rings. The number of benzene rings is 3. The lowest BCUT2D eigenvalue weighted by Gasteiger charge is -2.25. The summed E-state index contributed by atoms with van der Waals surface area (Å²) in [6.07, 6.45) is 0. The van der Waals surface area contributed by atoms with Crippen molar-refractivity contribution in [2.45, 2.75) is 19.3 Å². The van der Waals surface area contributed by atoms with Crippen LogP contribution in [0.5, 0.6) is 0 Å². The van der Waals surface area contributed by atoms with Crippen LogP contribution in [0.4, 0.5) is 5.69 Å². The first-order valence-corrected chi connectivity index (χ1v) is 8.12. The largest absolute Gasteiger partial charge is 0.478 e. The molecule has 0 heterocycles. The maximum Gasteiger partial charge on any atom is 0.337 e. The number of nitrogen functional groups attached to an aromatic ring is 1. The molecule has 3 N–H and O–H groups in total. The molecule has 0 bridgehead atoms. The molecule has 25 heavy (non-hydrogen) atoms. The topological polar surface area (TPSA) is 63.3 Å². The predicted octanol–water partition coefficient (Wildman–Crippen LogP) is 4.98. The van der Waals surface area contributed by atoms with Crippen molar-refractivity contribution in [3.63, 3.8) is 0 Å². The fourth-order valence-corrected chi connectivity index (χ4v) is 2.57. The average Bonchev–Trinajstić information content (AvgIpc) is 2.64. The first kappa shape index (κ1) is 18.3. The Morgan fingerprint density at radius 3 is 1.52 bits per heavy atom. The fraction of sp³-hybridized carbons (Fsp3) is 0.136. The maximum atomic E-state index is 10.3. The second kappa shape index (κ2) is 8.15. The van der Waals surface area contributed by atoms with E-state index in [0.29, 0.717) is 5.69 Å². The van der Waals surface area contributed by atoms with Crippen molar-refractivity contribution in [1.29, 1.82) is 0 Å². The van der Waals surface area contributed by atoms with Crippen LogP contribution in [0.15, 0.2) is 84.9 Å². The van der Waals surface area contributed by atoms with Crippen LogP contribution in [0.2, 0.25) is 0 Å². The molecule has 3 nitrogen and oxygen atoms in total. The van der Waals surface area contributed by atoms with Gasteiger partial charge in [0.1, 0.15) is 0 Å². The first-order valence-electron chi connectivity index (χ1n) is 8.12. The third-order valence-electron chi connectivity index (χ3n) is 4.18. The summed E-state index contributed by atoms with van der Waals surface area (Å²) in [7, 11) is 0. The molecule has 0 fully saturated rings. The minimum atomic E-state index is -0.988. The molecule has 0 unspecified atom stereocenters. The Hall–Kier alpha value is -3.07. The van der Waals surface area contributed by atoms with Gasteiger partial charge in [-0.3, -0.25) is 0 Å². The minimum absolute atomic E-state index is 0.0858. The van der Waals surface area contributed by atoms with E-state index in [0.717, 1.165) is 0 Å². The molecule has 0 saturated carbocycles. The van der Waals surface area contributed by atoms with Gasteiger partial charge in [0.15, 0.2) is 0 Å². The minimum Gasteiger partial charge on any atom is -0.478 e. The number of carboxylic acids is 1. The number of nitrogens with two attached hydrogens (primary N) is 1. The predicted molar refractivity (Wildman–Crippen MR) is 103 cm³/mol. The van der Waals surface area contributed by atoms with E-state index in [9.17, 15) is 4.79 Å². The Balaban J connectivity index is 0.000000196. The Kier molecular flexibility index (Phi) is 5.96. The molecule has 3 rings (SSSR count). The van der Waals surface area contributed by atoms with Crippen molar-refractivity contribution >= 4 is 11.7 Å². The number of hydrogen-bond acceptors (Lipinski definition) is 2. The zero-order valence-corrected chi connectivity index (χ0v) is 14.5. The SMILES string of the molecule is CC(C)(c1ccccc1)c1ccccc1.Nc1ccccc1C(=O)O. The van der Waals surface area contributed by atoms with Gasteiger partial charge in [-0.15, -0.1) is 0 Å². The number of rotatable bonds is 3. The Morgan fingerprint density at radius 2 is 1.16 bits per heavy atom. The molecule has 3 heteroatoms. The summed E-state index contributed by atoms with van der Waals surface area (Å²) in [5.41, 5.74) is 8.60. The van der Waals surface area contributed by atoms with Gasteiger partial charge in [0, 0.05) is 11.1 Å². The van der Waals surface area contributed by atoms with Crippen LogP contribution in [0.25, 0.3) is 0 Å². The molecule has 0 saturated heterocycles. The van der Waals surface area contributed by atoms with E-state index in [2.05, 4.69) is 74.5 Å². The molecular weight excluding hydrogens is 310 g/mol. The fourth-order valence-electron chi connectivity index (χ4n) is 2.57. The molecule has 128 valence electrons. The third kappa shape index (κ3) is 4.70. The normalized spacial score (nSPS) is 10.5. The van der Waals surface area contributed by atoms with E-state index in [1.54, 1.807) is 18.2 Å². The van der Waals surface area contributed by atoms with E-state index >= 15 is 0 Å². The molecule has 0 spiro atoms. The van der Waals surface area contributed by atoms with Gasteiger partial charge in [0.2, 0.25) is 0 Å². The van der Waals surface area contributed by atoms with Crippen molar-refractivity contribution < 1.29 is 9.90 Å². The lowest BCUT2D eigenvalue weighted by molar-refractivity contribution is 0.0698. The average molecular weight is 333 g/mol. The molecule has 0 amide bonds. The van der Waals surface area contributed by atoms with Crippen LogP contribution in [-0.2, 0) is 5.41 Å². The number of aromatic carboxylic acids is 1. The van der Waals surface area contributed by atoms with E-state index in [1.807, 2.05) is 0 Å². The molecule has 3 aromatic rings. The number of anilines is 1. The zero-order valence-electron chi connectivity index (χ0n) is 14.5. The van der Waals surface area contributed by atoms with Crippen molar-refractivity contribution in [3.8, 4) is 0 Å². The molecular formula is C22H23NO2. The number of carboxylic acid groups (broad SMARTS) is 1. The van der Waals surface area contributed by atoms with Gasteiger partial charge < -0.3 is 10.8 Å². The Labute approximate surface area is 148 Å². The van der Waals surface area contributed by atoms with E-state index in [4.69, 9.17) is 10.8 Å². The number of hydrogen-bond donors (Lipinski definition) is 2. The highest BCUT2D eigenvalue weighted by atomic mass is 16.4. The maximum absolute atomic E-state index is 10.3. The van der Waals surface area contributed by atoms with Gasteiger partial charge >= 0.3 is 5.97 Å². The van der Waals surface area contributed by atoms with Crippen LogP contribution in [0, 0.1) is 0 Å². The number of carbonyl (C=O) groups is 1. The summed E-state index contributed by atoms with van der Waals surface area (Å²) < 4.78 is 0. The lowest BCUT2D eigenvalue weighted by atomic mass is 9.78. The molecule has 0 radical (unpaired) electrons. The highest BCUT2D eigenvalue weighted by molar-refractivity contribution is 5.93. The summed E-state index contributed by atoms with van der Waals surface area (Å²) in [5, 5.41) is 8.49. The van der Waals surface area contributed by atoms with Crippen molar-refractivity contribution in [2.75, 3.05) is 5.73 Å². The summed E-state index contributed by atoms with van der Waals surface area (Å²) in [6.45, 7) is 4.52. The van der Waals surface area contributed by atoms with Crippen molar-refractivity contribution in [2.24, 2.45) is 0 Å². The Bertz CT molecular complexity index is 770. The lowest BCUT2D eigenvalue weighted by Crippen LogP contribution is -2.18. The summed E-state index contributed by atoms with van der Waals surface area (Å²) >= 11 is 0. The summed E-state index contributed by atoms with van der Waals surface area (Å²) in [4.78, 5) is 10.3. The zero-order chi connectivity index (χ0) is 18.3. The Morgan fingerprint density at radius 1 is 0.760 bits per heavy atom. The van der Waals surface area contributed by atoms with Crippen LogP contribution in [0.3, 0.4) is 0 Å². The van der Waals surface area contributed by atoms with Crippen LogP contribution >= 0.6 is 0 Å². The summed E-state index contributed by atoms with van der Waals surface area (Å²) in [6, 6.07) is 27.6. The number of para-hydroxylation sites is 1. The molecule has 0 aromatic heterocycles. The molecule has 0 aliphatic carbocycles. The second-order valence-corrected chi connectivity index (χ2v) is 6.25. The van der Waals surface area contributed by atoms with E-state index in [-0.39, 0.29) is 11.0 Å². The van der Waals surface area contributed by atoms with Gasteiger partial charge in [-0.2, -0.15) is 0 Å². The van der Waals surface area contributed by atoms with Gasteiger partial charge in [0.05, 0.1) is 5.56 Å². The summed E-state index contributed by atoms with van der Waals surface area (Å²) in [5.74, 6) is -0.988. The highest BCUT2D eigenvalue weighted by Crippen LogP contribution is 2.30. The van der Waals surface area contributed by atoms with E-state index in [1.165, 1.54) is 17.2 Å². The molecule has 3 aromatic carbocycles. The van der Waals surface area contributed by atoms with E-state index < -0.39 is 5.97 Å². The van der Waals surface area contributed by atoms with Crippen LogP contribution in [-0.4, -0.2) is 11.1 Å². The monoisotopic (exact) mass is 333 g/mol. The molecule has 0 aliphatic heterocycles. The second-order valence-electron chi connectivity index (χ2n) is 6.25. The first-order chi connectivity index (χ1) is 11.9. The van der Waals surface area contributed by atoms with Crippen LogP contribution in [0.1, 0.15) is 35.3 Å². The van der Waals surface area contributed by atoms with Gasteiger partial charge in [0.25, 0.3) is 0 Å². The standard InChI is InChI=1S/C15H16.C7H7NO2/c1-15(2,13-9-5-3-6-10-13)14-11-7-4-8-12-14;8-6-4-2-1-3-5(6)7(9)10/h3-12H,1-2H3;1-4H,8H2,(H,9,10). The van der Waals surface area contributed by atoms with Crippen molar-refractivity contribution in [1.82, 2.24) is 0 Å². The van der Waals surface area contributed by atoms with Gasteiger partial charge in [-0.1, -0.05) is 86.6 Å². The van der Waals surface area contributed by atoms with Gasteiger partial charge in [-0.25, -0.2) is 4.79 Å². The van der Waals surface area contributed by atoms with Crippen LogP contribution < -0.4 is 5.73 Å². The molecule has 0 atom stereocenters. The highest BCUT2D eigenvalue weighted by Gasteiger charge is 2.21. The van der Waals surface area contributed by atoms with Crippen molar-refractivity contribution in [3.05, 3.63) is 102 Å².